The second kappa shape index (κ2) is 7.40. The molecule has 144 valence electrons. The largest absolute Gasteiger partial charge is 0.340 e. The molecule has 1 fully saturated rings. The minimum atomic E-state index is -0.485. The summed E-state index contributed by atoms with van der Waals surface area (Å²) in [5.74, 6) is 0.288. The van der Waals surface area contributed by atoms with Gasteiger partial charge >= 0.3 is 0 Å². The van der Waals surface area contributed by atoms with Crippen LogP contribution in [0.3, 0.4) is 0 Å². The van der Waals surface area contributed by atoms with Crippen LogP contribution < -0.4 is 15.8 Å². The van der Waals surface area contributed by atoms with E-state index in [1.54, 1.807) is 6.20 Å². The van der Waals surface area contributed by atoms with Crippen molar-refractivity contribution in [2.75, 3.05) is 31.1 Å². The predicted molar refractivity (Wildman–Crippen MR) is 103 cm³/mol. The molecule has 0 saturated carbocycles. The summed E-state index contributed by atoms with van der Waals surface area (Å²) in [6, 6.07) is 5.92. The summed E-state index contributed by atoms with van der Waals surface area (Å²) < 4.78 is 16.6. The highest BCUT2D eigenvalue weighted by atomic mass is 19.1. The normalized spacial score (nSPS) is 14.4. The number of nitrogens with zero attached hydrogens (tertiary/aromatic N) is 6. The smallest absolute Gasteiger partial charge is 0.293 e. The summed E-state index contributed by atoms with van der Waals surface area (Å²) in [4.78, 5) is 19.9. The Balaban J connectivity index is 1.79. The number of aryl methyl sites for hydroxylation is 1. The minimum absolute atomic E-state index is 0.0931. The van der Waals surface area contributed by atoms with Crippen LogP contribution in [-0.4, -0.2) is 45.5 Å². The van der Waals surface area contributed by atoms with E-state index in [0.29, 0.717) is 23.1 Å². The molecule has 28 heavy (non-hydrogen) atoms. The van der Waals surface area contributed by atoms with Gasteiger partial charge in [0.15, 0.2) is 0 Å². The maximum atomic E-state index is 13.4. The van der Waals surface area contributed by atoms with Gasteiger partial charge in [-0.05, 0) is 24.6 Å². The Labute approximate surface area is 160 Å². The summed E-state index contributed by atoms with van der Waals surface area (Å²) in [5, 5.41) is 16.8. The Morgan fingerprint density at radius 1 is 1.32 bits per heavy atom. The van der Waals surface area contributed by atoms with E-state index in [0.717, 1.165) is 38.2 Å². The lowest BCUT2D eigenvalue weighted by molar-refractivity contribution is 0.569. The van der Waals surface area contributed by atoms with Crippen molar-refractivity contribution in [1.29, 1.82) is 5.26 Å². The first kappa shape index (κ1) is 18.1. The van der Waals surface area contributed by atoms with E-state index < -0.39 is 5.82 Å². The van der Waals surface area contributed by atoms with Crippen molar-refractivity contribution in [1.82, 2.24) is 24.6 Å². The van der Waals surface area contributed by atoms with Gasteiger partial charge in [-0.25, -0.2) is 14.1 Å². The Kier molecular flexibility index (Phi) is 4.79. The molecule has 1 aliphatic rings. The molecular weight excluding hydrogens is 361 g/mol. The summed E-state index contributed by atoms with van der Waals surface area (Å²) in [6.45, 7) is 6.07. The molecule has 0 atom stereocenters. The van der Waals surface area contributed by atoms with Crippen LogP contribution in [0.4, 0.5) is 10.3 Å². The molecule has 3 heterocycles. The summed E-state index contributed by atoms with van der Waals surface area (Å²) >= 11 is 0. The second-order valence-electron chi connectivity index (χ2n) is 6.65. The maximum absolute atomic E-state index is 13.4. The first-order valence-electron chi connectivity index (χ1n) is 9.23. The summed E-state index contributed by atoms with van der Waals surface area (Å²) in [5.41, 5.74) is 1.51. The molecule has 1 aromatic carbocycles. The number of benzene rings is 1. The van der Waals surface area contributed by atoms with Crippen molar-refractivity contribution in [3.8, 4) is 6.07 Å². The number of nitriles is 1. The van der Waals surface area contributed by atoms with Gasteiger partial charge in [0.05, 0.1) is 24.4 Å². The van der Waals surface area contributed by atoms with Gasteiger partial charge in [-0.3, -0.25) is 4.79 Å². The molecule has 0 unspecified atom stereocenters. The van der Waals surface area contributed by atoms with Crippen LogP contribution in [0.5, 0.6) is 0 Å². The predicted octanol–water partition coefficient (Wildman–Crippen LogP) is 1.08. The highest BCUT2D eigenvalue weighted by Crippen LogP contribution is 2.20. The van der Waals surface area contributed by atoms with E-state index in [4.69, 9.17) is 0 Å². The fraction of sp³-hybridized carbons (Fsp3) is 0.368. The van der Waals surface area contributed by atoms with Crippen molar-refractivity contribution in [3.63, 3.8) is 0 Å². The number of rotatable bonds is 4. The second-order valence-corrected chi connectivity index (χ2v) is 6.65. The fourth-order valence-electron chi connectivity index (χ4n) is 3.54. The lowest BCUT2D eigenvalue weighted by Gasteiger charge is -2.28. The third-order valence-electron chi connectivity index (χ3n) is 4.96. The van der Waals surface area contributed by atoms with E-state index in [1.807, 2.05) is 17.6 Å². The number of anilines is 1. The molecule has 0 bridgehead atoms. The molecule has 0 amide bonds. The molecule has 3 aromatic rings. The monoisotopic (exact) mass is 381 g/mol. The third-order valence-corrected chi connectivity index (χ3v) is 4.96. The number of halogens is 1. The lowest BCUT2D eigenvalue weighted by Crippen LogP contribution is -2.44. The van der Waals surface area contributed by atoms with Crippen LogP contribution >= 0.6 is 0 Å². The SMILES string of the molecule is CCn1c(N2CCNCC2)nc2cnn(Cc3ccc(F)cc3C#N)c(=O)c21. The van der Waals surface area contributed by atoms with Crippen LogP contribution in [0.1, 0.15) is 18.1 Å². The lowest BCUT2D eigenvalue weighted by atomic mass is 10.1. The minimum Gasteiger partial charge on any atom is -0.340 e. The van der Waals surface area contributed by atoms with Crippen LogP contribution in [0.25, 0.3) is 11.0 Å². The average molecular weight is 381 g/mol. The van der Waals surface area contributed by atoms with E-state index in [-0.39, 0.29) is 17.7 Å². The number of piperazine rings is 1. The number of hydrogen-bond acceptors (Lipinski definition) is 6. The fourth-order valence-corrected chi connectivity index (χ4v) is 3.54. The zero-order chi connectivity index (χ0) is 19.7. The summed E-state index contributed by atoms with van der Waals surface area (Å²) in [7, 11) is 0. The Bertz CT molecular complexity index is 1120. The molecule has 1 saturated heterocycles. The van der Waals surface area contributed by atoms with Crippen molar-refractivity contribution in [2.45, 2.75) is 20.0 Å². The molecule has 1 aliphatic heterocycles. The van der Waals surface area contributed by atoms with Crippen LogP contribution in [0, 0.1) is 17.1 Å². The van der Waals surface area contributed by atoms with E-state index in [2.05, 4.69) is 20.3 Å². The molecular formula is C19H20FN7O. The van der Waals surface area contributed by atoms with Crippen molar-refractivity contribution < 1.29 is 4.39 Å². The van der Waals surface area contributed by atoms with Gasteiger partial charge in [-0.1, -0.05) is 6.07 Å². The zero-order valence-electron chi connectivity index (χ0n) is 15.5. The third kappa shape index (κ3) is 3.12. The van der Waals surface area contributed by atoms with Crippen LogP contribution in [0.2, 0.25) is 0 Å². The quantitative estimate of drug-likeness (QED) is 0.727. The van der Waals surface area contributed by atoms with Gasteiger partial charge in [-0.15, -0.1) is 0 Å². The molecule has 2 aromatic heterocycles. The average Bonchev–Trinajstić information content (AvgIpc) is 3.11. The van der Waals surface area contributed by atoms with Crippen LogP contribution in [-0.2, 0) is 13.1 Å². The molecule has 8 nitrogen and oxygen atoms in total. The highest BCUT2D eigenvalue weighted by Gasteiger charge is 2.21. The number of aromatic nitrogens is 4. The van der Waals surface area contributed by atoms with E-state index in [9.17, 15) is 14.4 Å². The molecule has 4 rings (SSSR count). The molecule has 0 radical (unpaired) electrons. The maximum Gasteiger partial charge on any atom is 0.293 e. The van der Waals surface area contributed by atoms with Crippen molar-refractivity contribution >= 4 is 17.0 Å². The van der Waals surface area contributed by atoms with Gasteiger partial charge in [-0.2, -0.15) is 10.4 Å². The van der Waals surface area contributed by atoms with Gasteiger partial charge < -0.3 is 14.8 Å². The summed E-state index contributed by atoms with van der Waals surface area (Å²) in [6.07, 6.45) is 1.57. The molecule has 0 spiro atoms. The van der Waals surface area contributed by atoms with Crippen molar-refractivity contribution in [3.05, 3.63) is 51.7 Å². The van der Waals surface area contributed by atoms with Crippen molar-refractivity contribution in [2.24, 2.45) is 0 Å². The standard InChI is InChI=1S/C19H20FN7O/c1-2-26-17-16(24-19(26)25-7-5-22-6-8-25)11-23-27(18(17)28)12-13-3-4-15(20)9-14(13)10-21/h3-4,9,11,22H,2,5-8,12H2,1H3. The van der Waals surface area contributed by atoms with Gasteiger partial charge in [0.2, 0.25) is 5.95 Å². The number of imidazole rings is 1. The Morgan fingerprint density at radius 3 is 2.82 bits per heavy atom. The van der Waals surface area contributed by atoms with Gasteiger partial charge in [0.25, 0.3) is 5.56 Å². The Hall–Kier alpha value is -3.25. The first-order valence-corrected chi connectivity index (χ1v) is 9.23. The van der Waals surface area contributed by atoms with Gasteiger partial charge in [0.1, 0.15) is 16.9 Å². The molecule has 0 aliphatic carbocycles. The Morgan fingerprint density at radius 2 is 2.11 bits per heavy atom. The first-order chi connectivity index (χ1) is 13.6. The zero-order valence-corrected chi connectivity index (χ0v) is 15.5. The topological polar surface area (TPSA) is 91.8 Å². The van der Waals surface area contributed by atoms with E-state index >= 15 is 0 Å². The molecule has 1 N–H and O–H groups in total. The number of hydrogen-bond donors (Lipinski definition) is 1. The number of fused-ring (bicyclic) bond motifs is 1. The van der Waals surface area contributed by atoms with Crippen LogP contribution in [0.15, 0.2) is 29.2 Å². The van der Waals surface area contributed by atoms with Gasteiger partial charge in [0, 0.05) is 32.7 Å². The highest BCUT2D eigenvalue weighted by molar-refractivity contribution is 5.77. The van der Waals surface area contributed by atoms with E-state index in [1.165, 1.54) is 16.8 Å². The number of nitrogens with one attached hydrogen (secondary N) is 1. The molecule has 9 heteroatoms.